The number of carbonyl (C=O) groups is 2. The SMILES string of the molecule is CCNC(=O)NC(=O)C(C)NCCC1CCCC1. The molecular formula is C13H25N3O2. The summed E-state index contributed by atoms with van der Waals surface area (Å²) in [7, 11) is 0. The molecule has 0 saturated heterocycles. The molecule has 0 aromatic rings. The molecule has 0 radical (unpaired) electrons. The van der Waals surface area contributed by atoms with Crippen molar-refractivity contribution >= 4 is 11.9 Å². The monoisotopic (exact) mass is 255 g/mol. The molecule has 1 unspecified atom stereocenters. The summed E-state index contributed by atoms with van der Waals surface area (Å²) in [6.07, 6.45) is 6.46. The summed E-state index contributed by atoms with van der Waals surface area (Å²) >= 11 is 0. The van der Waals surface area contributed by atoms with Gasteiger partial charge in [-0.25, -0.2) is 4.79 Å². The highest BCUT2D eigenvalue weighted by Crippen LogP contribution is 2.26. The van der Waals surface area contributed by atoms with Gasteiger partial charge in [0.1, 0.15) is 0 Å². The topological polar surface area (TPSA) is 70.2 Å². The molecular weight excluding hydrogens is 230 g/mol. The highest BCUT2D eigenvalue weighted by molar-refractivity contribution is 5.96. The third kappa shape index (κ3) is 5.49. The average molecular weight is 255 g/mol. The van der Waals surface area contributed by atoms with Crippen molar-refractivity contribution in [3.63, 3.8) is 0 Å². The molecule has 104 valence electrons. The lowest BCUT2D eigenvalue weighted by Crippen LogP contribution is -2.48. The molecule has 1 fully saturated rings. The third-order valence-corrected chi connectivity index (χ3v) is 3.45. The van der Waals surface area contributed by atoms with Crippen molar-refractivity contribution in [1.29, 1.82) is 0 Å². The molecule has 0 aromatic carbocycles. The van der Waals surface area contributed by atoms with Gasteiger partial charge in [0.05, 0.1) is 6.04 Å². The van der Waals surface area contributed by atoms with Crippen LogP contribution in [0.15, 0.2) is 0 Å². The molecule has 3 amide bonds. The number of hydrogen-bond donors (Lipinski definition) is 3. The van der Waals surface area contributed by atoms with E-state index in [4.69, 9.17) is 0 Å². The van der Waals surface area contributed by atoms with Crippen LogP contribution in [-0.4, -0.2) is 31.1 Å². The van der Waals surface area contributed by atoms with Crippen molar-refractivity contribution in [2.45, 2.75) is 52.0 Å². The highest BCUT2D eigenvalue weighted by atomic mass is 16.2. The molecule has 5 nitrogen and oxygen atoms in total. The molecule has 0 aromatic heterocycles. The standard InChI is InChI=1S/C13H25N3O2/c1-3-14-13(18)16-12(17)10(2)15-9-8-11-6-4-5-7-11/h10-11,15H,3-9H2,1-2H3,(H2,14,16,17,18). The fourth-order valence-corrected chi connectivity index (χ4v) is 2.32. The molecule has 18 heavy (non-hydrogen) atoms. The zero-order chi connectivity index (χ0) is 13.4. The molecule has 0 aliphatic heterocycles. The first-order valence-corrected chi connectivity index (χ1v) is 6.95. The molecule has 5 heteroatoms. The Bertz CT molecular complexity index is 275. The third-order valence-electron chi connectivity index (χ3n) is 3.45. The van der Waals surface area contributed by atoms with Crippen LogP contribution in [0.5, 0.6) is 0 Å². The first-order valence-electron chi connectivity index (χ1n) is 6.95. The lowest BCUT2D eigenvalue weighted by Gasteiger charge is -2.15. The van der Waals surface area contributed by atoms with Crippen LogP contribution < -0.4 is 16.0 Å². The Labute approximate surface area is 109 Å². The first-order chi connectivity index (χ1) is 8.63. The van der Waals surface area contributed by atoms with Gasteiger partial charge in [-0.3, -0.25) is 10.1 Å². The van der Waals surface area contributed by atoms with Crippen LogP contribution in [0.1, 0.15) is 46.0 Å². The maximum atomic E-state index is 11.6. The molecule has 1 aliphatic rings. The number of amides is 3. The fourth-order valence-electron chi connectivity index (χ4n) is 2.32. The van der Waals surface area contributed by atoms with E-state index in [1.54, 1.807) is 6.92 Å². The Morgan fingerprint density at radius 2 is 1.94 bits per heavy atom. The number of imide groups is 1. The van der Waals surface area contributed by atoms with Crippen LogP contribution in [0.4, 0.5) is 4.79 Å². The van der Waals surface area contributed by atoms with E-state index in [9.17, 15) is 9.59 Å². The second kappa shape index (κ2) is 8.08. The van der Waals surface area contributed by atoms with E-state index >= 15 is 0 Å². The zero-order valence-electron chi connectivity index (χ0n) is 11.4. The summed E-state index contributed by atoms with van der Waals surface area (Å²) in [5, 5.41) is 8.01. The van der Waals surface area contributed by atoms with E-state index in [2.05, 4.69) is 16.0 Å². The molecule has 0 bridgehead atoms. The van der Waals surface area contributed by atoms with E-state index in [0.717, 1.165) is 18.9 Å². The van der Waals surface area contributed by atoms with E-state index in [1.807, 2.05) is 6.92 Å². The van der Waals surface area contributed by atoms with Crippen LogP contribution in [0.2, 0.25) is 0 Å². The number of carbonyl (C=O) groups excluding carboxylic acids is 2. The number of hydrogen-bond acceptors (Lipinski definition) is 3. The van der Waals surface area contributed by atoms with E-state index in [1.165, 1.54) is 25.7 Å². The van der Waals surface area contributed by atoms with Crippen LogP contribution in [0.25, 0.3) is 0 Å². The Balaban J connectivity index is 2.12. The number of urea groups is 1. The molecule has 1 rings (SSSR count). The molecule has 1 aliphatic carbocycles. The Morgan fingerprint density at radius 1 is 1.28 bits per heavy atom. The molecule has 1 atom stereocenters. The van der Waals surface area contributed by atoms with Crippen LogP contribution in [0.3, 0.4) is 0 Å². The summed E-state index contributed by atoms with van der Waals surface area (Å²) < 4.78 is 0. The average Bonchev–Trinajstić information content (AvgIpc) is 2.82. The molecule has 1 saturated carbocycles. The predicted octanol–water partition coefficient (Wildman–Crippen LogP) is 1.39. The van der Waals surface area contributed by atoms with Gasteiger partial charge in [-0.2, -0.15) is 0 Å². The highest BCUT2D eigenvalue weighted by Gasteiger charge is 2.17. The fraction of sp³-hybridized carbons (Fsp3) is 0.846. The van der Waals surface area contributed by atoms with Gasteiger partial charge in [-0.05, 0) is 32.7 Å². The minimum Gasteiger partial charge on any atom is -0.338 e. The van der Waals surface area contributed by atoms with Crippen molar-refractivity contribution < 1.29 is 9.59 Å². The quantitative estimate of drug-likeness (QED) is 0.671. The Hall–Kier alpha value is -1.10. The van der Waals surface area contributed by atoms with Crippen molar-refractivity contribution in [3.8, 4) is 0 Å². The van der Waals surface area contributed by atoms with Gasteiger partial charge in [0.25, 0.3) is 0 Å². The number of rotatable bonds is 6. The van der Waals surface area contributed by atoms with E-state index in [-0.39, 0.29) is 11.9 Å². The second-order valence-corrected chi connectivity index (χ2v) is 4.96. The Morgan fingerprint density at radius 3 is 2.56 bits per heavy atom. The van der Waals surface area contributed by atoms with Crippen LogP contribution in [0, 0.1) is 5.92 Å². The molecule has 0 heterocycles. The lowest BCUT2D eigenvalue weighted by molar-refractivity contribution is -0.121. The predicted molar refractivity (Wildman–Crippen MR) is 71.3 cm³/mol. The van der Waals surface area contributed by atoms with Gasteiger partial charge in [0.15, 0.2) is 0 Å². The largest absolute Gasteiger partial charge is 0.338 e. The van der Waals surface area contributed by atoms with E-state index in [0.29, 0.717) is 6.54 Å². The summed E-state index contributed by atoms with van der Waals surface area (Å²) in [6.45, 7) is 4.95. The lowest BCUT2D eigenvalue weighted by atomic mass is 10.0. The Kier molecular flexibility index (Phi) is 6.72. The van der Waals surface area contributed by atoms with Crippen molar-refractivity contribution in [2.75, 3.05) is 13.1 Å². The van der Waals surface area contributed by atoms with Gasteiger partial charge in [0.2, 0.25) is 5.91 Å². The minimum absolute atomic E-state index is 0.271. The van der Waals surface area contributed by atoms with Gasteiger partial charge in [-0.1, -0.05) is 25.7 Å². The van der Waals surface area contributed by atoms with Crippen molar-refractivity contribution in [2.24, 2.45) is 5.92 Å². The summed E-state index contributed by atoms with van der Waals surface area (Å²) in [5.74, 6) is 0.545. The zero-order valence-corrected chi connectivity index (χ0v) is 11.4. The first kappa shape index (κ1) is 15.0. The maximum Gasteiger partial charge on any atom is 0.321 e. The minimum atomic E-state index is -0.424. The van der Waals surface area contributed by atoms with Gasteiger partial charge in [-0.15, -0.1) is 0 Å². The van der Waals surface area contributed by atoms with Crippen molar-refractivity contribution in [3.05, 3.63) is 0 Å². The normalized spacial score (nSPS) is 17.4. The maximum absolute atomic E-state index is 11.6. The number of nitrogens with one attached hydrogen (secondary N) is 3. The molecule has 3 N–H and O–H groups in total. The van der Waals surface area contributed by atoms with Gasteiger partial charge in [0, 0.05) is 6.54 Å². The van der Waals surface area contributed by atoms with Gasteiger partial charge < -0.3 is 10.6 Å². The smallest absolute Gasteiger partial charge is 0.321 e. The second-order valence-electron chi connectivity index (χ2n) is 4.96. The van der Waals surface area contributed by atoms with Gasteiger partial charge >= 0.3 is 6.03 Å². The molecule has 0 spiro atoms. The van der Waals surface area contributed by atoms with Crippen molar-refractivity contribution in [1.82, 2.24) is 16.0 Å². The summed E-state index contributed by atoms with van der Waals surface area (Å²) in [5.41, 5.74) is 0. The summed E-state index contributed by atoms with van der Waals surface area (Å²) in [6, 6.07) is -0.749. The van der Waals surface area contributed by atoms with Crippen LogP contribution >= 0.6 is 0 Å². The van der Waals surface area contributed by atoms with E-state index < -0.39 is 6.03 Å². The summed E-state index contributed by atoms with van der Waals surface area (Å²) in [4.78, 5) is 22.8. The van der Waals surface area contributed by atoms with Crippen LogP contribution in [-0.2, 0) is 4.79 Å².